The number of likely N-dealkylation sites (N-methyl/N-ethyl adjacent to an activating group) is 1. The van der Waals surface area contributed by atoms with Crippen LogP contribution in [-0.4, -0.2) is 89.2 Å². The zero-order valence-corrected chi connectivity index (χ0v) is 28.0. The Hall–Kier alpha value is -4.28. The van der Waals surface area contributed by atoms with Gasteiger partial charge in [0.25, 0.3) is 0 Å². The third kappa shape index (κ3) is 6.89. The summed E-state index contributed by atoms with van der Waals surface area (Å²) in [5.74, 6) is 2.73. The average molecular weight is 634 g/mol. The first-order valence-corrected chi connectivity index (χ1v) is 17.2. The first-order chi connectivity index (χ1) is 23.0. The number of methoxy groups -OCH3 is 1. The van der Waals surface area contributed by atoms with E-state index in [1.807, 2.05) is 12.1 Å². The number of nitrogens with zero attached hydrogens (tertiary/aromatic N) is 7. The molecule has 0 amide bonds. The molecule has 0 bridgehead atoms. The molecule has 1 saturated carbocycles. The molecule has 1 aliphatic carbocycles. The fourth-order valence-corrected chi connectivity index (χ4v) is 7.15. The molecule has 47 heavy (non-hydrogen) atoms. The number of anilines is 5. The fraction of sp³-hybridized carbons (Fsp3) is 0.459. The lowest BCUT2D eigenvalue weighted by Gasteiger charge is -2.43. The number of hydrogen-bond acceptors (Lipinski definition) is 10. The van der Waals surface area contributed by atoms with Crippen LogP contribution < -0.4 is 20.3 Å². The molecule has 2 N–H and O–H groups in total. The molecule has 10 heteroatoms. The van der Waals surface area contributed by atoms with Crippen LogP contribution in [0.5, 0.6) is 5.75 Å². The van der Waals surface area contributed by atoms with Crippen molar-refractivity contribution in [2.45, 2.75) is 51.5 Å². The molecule has 3 aliphatic rings. The largest absolute Gasteiger partial charge is 0.494 e. The van der Waals surface area contributed by atoms with E-state index >= 15 is 0 Å². The Kier molecular flexibility index (Phi) is 9.22. The molecule has 2 aliphatic heterocycles. The van der Waals surface area contributed by atoms with Crippen molar-refractivity contribution in [3.8, 4) is 5.75 Å². The molecule has 0 unspecified atom stereocenters. The van der Waals surface area contributed by atoms with Crippen LogP contribution in [0.15, 0.2) is 49.4 Å². The topological polar surface area (TPSA) is 94.6 Å². The van der Waals surface area contributed by atoms with Crippen molar-refractivity contribution < 1.29 is 4.74 Å². The van der Waals surface area contributed by atoms with E-state index in [-0.39, 0.29) is 0 Å². The lowest BCUT2D eigenvalue weighted by Crippen LogP contribution is -2.52. The molecule has 246 valence electrons. The number of piperidine rings is 1. The first kappa shape index (κ1) is 31.3. The predicted octanol–water partition coefficient (Wildman–Crippen LogP) is 6.29. The molecule has 2 aromatic heterocycles. The number of benzene rings is 2. The van der Waals surface area contributed by atoms with E-state index in [1.165, 1.54) is 63.1 Å². The van der Waals surface area contributed by atoms with E-state index in [0.29, 0.717) is 17.8 Å². The summed E-state index contributed by atoms with van der Waals surface area (Å²) < 4.78 is 5.99. The molecule has 10 nitrogen and oxygen atoms in total. The Morgan fingerprint density at radius 2 is 1.72 bits per heavy atom. The molecular formula is C37H47N9O. The van der Waals surface area contributed by atoms with Crippen molar-refractivity contribution >= 4 is 45.9 Å². The van der Waals surface area contributed by atoms with E-state index in [0.717, 1.165) is 71.1 Å². The standard InChI is InChI=1S/C37H47N9O/c1-5-26-24-40-37(43-36(26)41-30-9-10-31-35(29(30)6-2)39-14-13-38-31)42-32-22-27(21-25-7-8-25)33(23-34(32)47-4)46-15-11-28(12-16-46)45-19-17-44(3)18-20-45/h5,9-10,13-14,22-25,28H,1,6-8,11-12,15-21H2,2-4H3,(H2,40,41,42,43). The maximum atomic E-state index is 5.99. The number of hydrogen-bond donors (Lipinski definition) is 2. The van der Waals surface area contributed by atoms with Gasteiger partial charge in [0.15, 0.2) is 0 Å². The maximum absolute atomic E-state index is 5.99. The van der Waals surface area contributed by atoms with Crippen molar-refractivity contribution in [2.75, 3.05) is 69.0 Å². The van der Waals surface area contributed by atoms with Crippen LogP contribution in [0.3, 0.4) is 0 Å². The second-order valence-corrected chi connectivity index (χ2v) is 13.2. The van der Waals surface area contributed by atoms with Gasteiger partial charge in [-0.3, -0.25) is 14.9 Å². The summed E-state index contributed by atoms with van der Waals surface area (Å²) in [6, 6.07) is 9.22. The quantitative estimate of drug-likeness (QED) is 0.196. The zero-order valence-electron chi connectivity index (χ0n) is 28.0. The van der Waals surface area contributed by atoms with Gasteiger partial charge in [-0.2, -0.15) is 4.98 Å². The molecular weight excluding hydrogens is 586 g/mol. The summed E-state index contributed by atoms with van der Waals surface area (Å²) in [5.41, 5.74) is 8.18. The Morgan fingerprint density at radius 3 is 2.45 bits per heavy atom. The van der Waals surface area contributed by atoms with Gasteiger partial charge in [-0.25, -0.2) is 4.98 Å². The normalized spacial score (nSPS) is 18.0. The van der Waals surface area contributed by atoms with Crippen LogP contribution in [0.2, 0.25) is 0 Å². The number of nitrogens with one attached hydrogen (secondary N) is 2. The van der Waals surface area contributed by atoms with Crippen LogP contribution in [0.1, 0.15) is 49.3 Å². The highest BCUT2D eigenvalue weighted by Crippen LogP contribution is 2.41. The molecule has 3 fully saturated rings. The van der Waals surface area contributed by atoms with Gasteiger partial charge in [-0.1, -0.05) is 19.6 Å². The Morgan fingerprint density at radius 1 is 0.936 bits per heavy atom. The maximum Gasteiger partial charge on any atom is 0.229 e. The summed E-state index contributed by atoms with van der Waals surface area (Å²) in [6.07, 6.45) is 13.9. The minimum atomic E-state index is 0.494. The molecule has 0 atom stereocenters. The molecule has 2 aromatic carbocycles. The molecule has 4 aromatic rings. The summed E-state index contributed by atoms with van der Waals surface area (Å²) in [6.45, 7) is 13.0. The highest BCUT2D eigenvalue weighted by molar-refractivity contribution is 5.85. The summed E-state index contributed by atoms with van der Waals surface area (Å²) in [4.78, 5) is 26.4. The number of fused-ring (bicyclic) bond motifs is 1. The zero-order chi connectivity index (χ0) is 32.3. The van der Waals surface area contributed by atoms with Gasteiger partial charge in [-0.15, -0.1) is 0 Å². The first-order valence-electron chi connectivity index (χ1n) is 17.2. The van der Waals surface area contributed by atoms with Crippen molar-refractivity contribution in [3.63, 3.8) is 0 Å². The highest BCUT2D eigenvalue weighted by Gasteiger charge is 2.30. The van der Waals surface area contributed by atoms with Gasteiger partial charge in [0, 0.05) is 92.5 Å². The molecule has 7 rings (SSSR count). The Bertz CT molecular complexity index is 1720. The van der Waals surface area contributed by atoms with Crippen molar-refractivity contribution in [1.29, 1.82) is 0 Å². The van der Waals surface area contributed by atoms with Gasteiger partial charge in [0.05, 0.1) is 23.8 Å². The third-order valence-electron chi connectivity index (χ3n) is 10.1. The number of rotatable bonds is 11. The molecule has 0 spiro atoms. The summed E-state index contributed by atoms with van der Waals surface area (Å²) in [5, 5.41) is 7.05. The van der Waals surface area contributed by atoms with Crippen molar-refractivity contribution in [3.05, 3.63) is 66.1 Å². The Balaban J connectivity index is 1.13. The average Bonchev–Trinajstić information content (AvgIpc) is 3.93. The monoisotopic (exact) mass is 633 g/mol. The number of aryl methyl sites for hydroxylation is 1. The smallest absolute Gasteiger partial charge is 0.229 e. The van der Waals surface area contributed by atoms with Gasteiger partial charge in [-0.05, 0) is 75.3 Å². The lowest BCUT2D eigenvalue weighted by atomic mass is 9.98. The number of aromatic nitrogens is 4. The summed E-state index contributed by atoms with van der Waals surface area (Å²) >= 11 is 0. The summed E-state index contributed by atoms with van der Waals surface area (Å²) in [7, 11) is 3.98. The highest BCUT2D eigenvalue weighted by atomic mass is 16.5. The number of ether oxygens (including phenoxy) is 1. The van der Waals surface area contributed by atoms with E-state index in [4.69, 9.17) is 9.72 Å². The van der Waals surface area contributed by atoms with E-state index in [9.17, 15) is 0 Å². The van der Waals surface area contributed by atoms with Gasteiger partial charge >= 0.3 is 0 Å². The van der Waals surface area contributed by atoms with Crippen LogP contribution in [0.25, 0.3) is 17.1 Å². The minimum absolute atomic E-state index is 0.494. The second kappa shape index (κ2) is 13.8. The molecule has 4 heterocycles. The van der Waals surface area contributed by atoms with Crippen LogP contribution >= 0.6 is 0 Å². The lowest BCUT2D eigenvalue weighted by molar-refractivity contribution is 0.0982. The third-order valence-corrected chi connectivity index (χ3v) is 10.1. The molecule has 0 radical (unpaired) electrons. The van der Waals surface area contributed by atoms with Gasteiger partial charge < -0.3 is 25.2 Å². The predicted molar refractivity (Wildman–Crippen MR) is 191 cm³/mol. The van der Waals surface area contributed by atoms with Gasteiger partial charge in [0.2, 0.25) is 5.95 Å². The van der Waals surface area contributed by atoms with Crippen molar-refractivity contribution in [2.24, 2.45) is 5.92 Å². The van der Waals surface area contributed by atoms with Crippen LogP contribution in [0, 0.1) is 5.92 Å². The molecule has 2 saturated heterocycles. The van der Waals surface area contributed by atoms with Crippen LogP contribution in [-0.2, 0) is 12.8 Å². The van der Waals surface area contributed by atoms with Crippen LogP contribution in [0.4, 0.5) is 28.8 Å². The second-order valence-electron chi connectivity index (χ2n) is 13.2. The van der Waals surface area contributed by atoms with Crippen molar-refractivity contribution in [1.82, 2.24) is 29.7 Å². The number of piperazine rings is 1. The fourth-order valence-electron chi connectivity index (χ4n) is 7.15. The van der Waals surface area contributed by atoms with E-state index in [1.54, 1.807) is 31.8 Å². The SMILES string of the molecule is C=Cc1cnc(Nc2cc(CC3CC3)c(N3CCC(N4CCN(C)CC4)CC3)cc2OC)nc1Nc1ccc2nccnc2c1CC. The van der Waals surface area contributed by atoms with E-state index < -0.39 is 0 Å². The Labute approximate surface area is 278 Å². The van der Waals surface area contributed by atoms with E-state index in [2.05, 4.69) is 73.0 Å². The minimum Gasteiger partial charge on any atom is -0.494 e. The van der Waals surface area contributed by atoms with Gasteiger partial charge in [0.1, 0.15) is 11.6 Å².